The van der Waals surface area contributed by atoms with Crippen molar-refractivity contribution in [1.29, 1.82) is 0 Å². The standard InChI is InChI=1S/C15H25N3O2/c19-14(13-20-15-4-2-1-3-5-15)12-17-8-11-18-9-6-16-7-10-18/h1-5,14,16-17,19H,6-13H2/t14-/m1/s1. The zero-order chi connectivity index (χ0) is 14.0. The SMILES string of the molecule is O[C@H](CNCCN1CCNCC1)COc1ccccc1. The first kappa shape index (κ1) is 15.3. The summed E-state index contributed by atoms with van der Waals surface area (Å²) in [7, 11) is 0. The largest absolute Gasteiger partial charge is 0.491 e. The van der Waals surface area contributed by atoms with Crippen LogP contribution in [-0.4, -0.2) is 68.5 Å². The van der Waals surface area contributed by atoms with E-state index in [4.69, 9.17) is 4.74 Å². The van der Waals surface area contributed by atoms with Crippen LogP contribution in [0.1, 0.15) is 0 Å². The van der Waals surface area contributed by atoms with E-state index in [0.717, 1.165) is 45.0 Å². The molecule has 1 aliphatic rings. The maximum atomic E-state index is 9.84. The van der Waals surface area contributed by atoms with Crippen molar-refractivity contribution < 1.29 is 9.84 Å². The second-order valence-corrected chi connectivity index (χ2v) is 5.07. The van der Waals surface area contributed by atoms with E-state index in [1.54, 1.807) is 0 Å². The van der Waals surface area contributed by atoms with Gasteiger partial charge in [-0.25, -0.2) is 0 Å². The van der Waals surface area contributed by atoms with Crippen LogP contribution in [0.3, 0.4) is 0 Å². The smallest absolute Gasteiger partial charge is 0.119 e. The maximum Gasteiger partial charge on any atom is 0.119 e. The molecular weight excluding hydrogens is 254 g/mol. The van der Waals surface area contributed by atoms with Gasteiger partial charge in [-0.1, -0.05) is 18.2 Å². The summed E-state index contributed by atoms with van der Waals surface area (Å²) in [6.07, 6.45) is -0.474. The fraction of sp³-hybridized carbons (Fsp3) is 0.600. The average molecular weight is 279 g/mol. The Kier molecular flexibility index (Phi) is 6.80. The number of hydrogen-bond acceptors (Lipinski definition) is 5. The molecule has 3 N–H and O–H groups in total. The zero-order valence-electron chi connectivity index (χ0n) is 11.9. The van der Waals surface area contributed by atoms with E-state index < -0.39 is 6.10 Å². The van der Waals surface area contributed by atoms with Crippen LogP contribution >= 0.6 is 0 Å². The lowest BCUT2D eigenvalue weighted by Gasteiger charge is -2.27. The minimum atomic E-state index is -0.474. The minimum absolute atomic E-state index is 0.324. The first-order valence-corrected chi connectivity index (χ1v) is 7.34. The Hall–Kier alpha value is -1.14. The molecule has 5 heteroatoms. The zero-order valence-corrected chi connectivity index (χ0v) is 11.9. The molecule has 0 aromatic heterocycles. The molecule has 0 unspecified atom stereocenters. The molecule has 1 saturated heterocycles. The first-order chi connectivity index (χ1) is 9.84. The number of rotatable bonds is 8. The monoisotopic (exact) mass is 279 g/mol. The topological polar surface area (TPSA) is 56.8 Å². The first-order valence-electron chi connectivity index (χ1n) is 7.34. The van der Waals surface area contributed by atoms with Crippen molar-refractivity contribution in [1.82, 2.24) is 15.5 Å². The number of nitrogens with one attached hydrogen (secondary N) is 2. The highest BCUT2D eigenvalue weighted by Crippen LogP contribution is 2.08. The molecule has 112 valence electrons. The third kappa shape index (κ3) is 5.88. The summed E-state index contributed by atoms with van der Waals surface area (Å²) in [6, 6.07) is 9.58. The Balaban J connectivity index is 1.50. The lowest BCUT2D eigenvalue weighted by atomic mass is 10.3. The molecule has 0 aliphatic carbocycles. The molecule has 1 fully saturated rings. The van der Waals surface area contributed by atoms with Crippen molar-refractivity contribution in [3.05, 3.63) is 30.3 Å². The predicted molar refractivity (Wildman–Crippen MR) is 80.1 cm³/mol. The summed E-state index contributed by atoms with van der Waals surface area (Å²) in [6.45, 7) is 7.21. The van der Waals surface area contributed by atoms with Crippen LogP contribution in [0, 0.1) is 0 Å². The average Bonchev–Trinajstić information content (AvgIpc) is 2.52. The van der Waals surface area contributed by atoms with Crippen LogP contribution < -0.4 is 15.4 Å². The van der Waals surface area contributed by atoms with E-state index in [-0.39, 0.29) is 0 Å². The molecule has 1 aromatic rings. The van der Waals surface area contributed by atoms with Gasteiger partial charge in [-0.2, -0.15) is 0 Å². The Morgan fingerprint density at radius 3 is 2.75 bits per heavy atom. The van der Waals surface area contributed by atoms with Gasteiger partial charge in [0.1, 0.15) is 18.5 Å². The molecule has 20 heavy (non-hydrogen) atoms. The number of aliphatic hydroxyl groups is 1. The number of piperazine rings is 1. The summed E-state index contributed by atoms with van der Waals surface area (Å²) in [5, 5.41) is 16.5. The normalized spacial score (nSPS) is 17.9. The van der Waals surface area contributed by atoms with Crippen molar-refractivity contribution >= 4 is 0 Å². The van der Waals surface area contributed by atoms with Crippen LogP contribution in [-0.2, 0) is 0 Å². The molecule has 0 bridgehead atoms. The number of para-hydroxylation sites is 1. The molecule has 2 rings (SSSR count). The van der Waals surface area contributed by atoms with Gasteiger partial charge >= 0.3 is 0 Å². The molecule has 0 amide bonds. The van der Waals surface area contributed by atoms with E-state index in [0.29, 0.717) is 13.2 Å². The number of benzene rings is 1. The Morgan fingerprint density at radius 2 is 2.00 bits per heavy atom. The summed E-state index contributed by atoms with van der Waals surface area (Å²) in [4.78, 5) is 2.43. The lowest BCUT2D eigenvalue weighted by Crippen LogP contribution is -2.46. The van der Waals surface area contributed by atoms with Gasteiger partial charge < -0.3 is 20.5 Å². The molecule has 0 saturated carbocycles. The fourth-order valence-corrected chi connectivity index (χ4v) is 2.21. The highest BCUT2D eigenvalue weighted by molar-refractivity contribution is 5.20. The molecule has 1 aromatic carbocycles. The van der Waals surface area contributed by atoms with E-state index in [1.165, 1.54) is 0 Å². The predicted octanol–water partition coefficient (Wildman–Crippen LogP) is -0.0789. The maximum absolute atomic E-state index is 9.84. The quantitative estimate of drug-likeness (QED) is 0.581. The molecular formula is C15H25N3O2. The minimum Gasteiger partial charge on any atom is -0.491 e. The summed E-state index contributed by atoms with van der Waals surface area (Å²) >= 11 is 0. The molecule has 5 nitrogen and oxygen atoms in total. The number of aliphatic hydroxyl groups excluding tert-OH is 1. The molecule has 1 aliphatic heterocycles. The number of nitrogens with zero attached hydrogens (tertiary/aromatic N) is 1. The van der Waals surface area contributed by atoms with Crippen molar-refractivity contribution in [3.63, 3.8) is 0 Å². The second kappa shape index (κ2) is 8.92. The number of ether oxygens (including phenoxy) is 1. The summed E-state index contributed by atoms with van der Waals surface area (Å²) in [5.41, 5.74) is 0. The van der Waals surface area contributed by atoms with Crippen LogP contribution in [0.4, 0.5) is 0 Å². The molecule has 0 radical (unpaired) electrons. The number of hydrogen-bond donors (Lipinski definition) is 3. The van der Waals surface area contributed by atoms with Crippen LogP contribution in [0.5, 0.6) is 5.75 Å². The van der Waals surface area contributed by atoms with Gasteiger partial charge in [-0.3, -0.25) is 4.90 Å². The van der Waals surface area contributed by atoms with Crippen LogP contribution in [0.2, 0.25) is 0 Å². The van der Waals surface area contributed by atoms with Gasteiger partial charge in [-0.05, 0) is 12.1 Å². The van der Waals surface area contributed by atoms with E-state index in [1.807, 2.05) is 30.3 Å². The van der Waals surface area contributed by atoms with E-state index in [9.17, 15) is 5.11 Å². The van der Waals surface area contributed by atoms with Crippen molar-refractivity contribution in [3.8, 4) is 5.75 Å². The van der Waals surface area contributed by atoms with E-state index in [2.05, 4.69) is 15.5 Å². The Bertz CT molecular complexity index is 355. The van der Waals surface area contributed by atoms with Gasteiger partial charge in [0.15, 0.2) is 0 Å². The van der Waals surface area contributed by atoms with Crippen molar-refractivity contribution in [2.24, 2.45) is 0 Å². The Morgan fingerprint density at radius 1 is 1.25 bits per heavy atom. The van der Waals surface area contributed by atoms with Gasteiger partial charge in [0.2, 0.25) is 0 Å². The summed E-state index contributed by atoms with van der Waals surface area (Å²) in [5.74, 6) is 0.798. The van der Waals surface area contributed by atoms with Crippen molar-refractivity contribution in [2.75, 3.05) is 52.4 Å². The highest BCUT2D eigenvalue weighted by Gasteiger charge is 2.09. The van der Waals surface area contributed by atoms with Gasteiger partial charge in [0.25, 0.3) is 0 Å². The van der Waals surface area contributed by atoms with Gasteiger partial charge in [-0.15, -0.1) is 0 Å². The molecule has 1 atom stereocenters. The second-order valence-electron chi connectivity index (χ2n) is 5.07. The van der Waals surface area contributed by atoms with Crippen molar-refractivity contribution in [2.45, 2.75) is 6.10 Å². The van der Waals surface area contributed by atoms with Gasteiger partial charge in [0.05, 0.1) is 0 Å². The fourth-order valence-electron chi connectivity index (χ4n) is 2.21. The lowest BCUT2D eigenvalue weighted by molar-refractivity contribution is 0.105. The molecule has 1 heterocycles. The van der Waals surface area contributed by atoms with Crippen LogP contribution in [0.25, 0.3) is 0 Å². The van der Waals surface area contributed by atoms with Crippen LogP contribution in [0.15, 0.2) is 30.3 Å². The summed E-state index contributed by atoms with van der Waals surface area (Å²) < 4.78 is 5.51. The molecule has 0 spiro atoms. The third-order valence-corrected chi connectivity index (χ3v) is 3.38. The third-order valence-electron chi connectivity index (χ3n) is 3.38. The highest BCUT2D eigenvalue weighted by atomic mass is 16.5. The Labute approximate surface area is 120 Å². The van der Waals surface area contributed by atoms with Gasteiger partial charge in [0, 0.05) is 45.8 Å². The van der Waals surface area contributed by atoms with E-state index >= 15 is 0 Å².